The van der Waals surface area contributed by atoms with E-state index >= 15 is 0 Å². The molecule has 1 fully saturated rings. The zero-order valence-corrected chi connectivity index (χ0v) is 11.5. The number of allylic oxidation sites excluding steroid dienone is 1. The zero-order valence-electron chi connectivity index (χ0n) is 11.5. The molecule has 2 heterocycles. The lowest BCUT2D eigenvalue weighted by Gasteiger charge is -2.33. The van der Waals surface area contributed by atoms with Crippen LogP contribution >= 0.6 is 0 Å². The molecule has 0 aromatic carbocycles. The molecule has 0 spiro atoms. The molecule has 5 heteroatoms. The molecule has 19 heavy (non-hydrogen) atoms. The van der Waals surface area contributed by atoms with Crippen molar-refractivity contribution in [3.63, 3.8) is 0 Å². The number of carbonyl (C=O) groups excluding carboxylic acids is 1. The molecule has 0 aliphatic carbocycles. The van der Waals surface area contributed by atoms with E-state index in [4.69, 9.17) is 5.73 Å². The number of Topliss-reactive ketones (excluding diaryl/α,β-unsaturated/α-hetero) is 1. The van der Waals surface area contributed by atoms with Crippen LogP contribution in [0.4, 0.5) is 5.69 Å². The highest BCUT2D eigenvalue weighted by Crippen LogP contribution is 2.18. The third kappa shape index (κ3) is 3.12. The summed E-state index contributed by atoms with van der Waals surface area (Å²) in [5.41, 5.74) is 7.65. The van der Waals surface area contributed by atoms with Crippen molar-refractivity contribution in [3.05, 3.63) is 30.2 Å². The van der Waals surface area contributed by atoms with Crippen molar-refractivity contribution in [1.29, 1.82) is 0 Å². The molecular weight excluding hydrogens is 240 g/mol. The number of hydrogen-bond acceptors (Lipinski definition) is 5. The summed E-state index contributed by atoms with van der Waals surface area (Å²) < 4.78 is 0. The lowest BCUT2D eigenvalue weighted by Crippen LogP contribution is -2.44. The maximum atomic E-state index is 11.4. The highest BCUT2D eigenvalue weighted by atomic mass is 16.1. The molecule has 2 N–H and O–H groups in total. The van der Waals surface area contributed by atoms with Crippen LogP contribution in [0.15, 0.2) is 24.5 Å². The first kappa shape index (κ1) is 13.5. The van der Waals surface area contributed by atoms with Crippen molar-refractivity contribution in [2.75, 3.05) is 38.1 Å². The molecule has 1 aromatic heterocycles. The van der Waals surface area contributed by atoms with Gasteiger partial charge in [0.2, 0.25) is 0 Å². The van der Waals surface area contributed by atoms with Gasteiger partial charge in [0.1, 0.15) is 0 Å². The van der Waals surface area contributed by atoms with E-state index in [9.17, 15) is 4.79 Å². The second-order valence-corrected chi connectivity index (χ2v) is 4.83. The van der Waals surface area contributed by atoms with Crippen LogP contribution in [-0.2, 0) is 4.79 Å². The fourth-order valence-electron chi connectivity index (χ4n) is 2.18. The van der Waals surface area contributed by atoms with E-state index in [1.807, 2.05) is 18.3 Å². The highest BCUT2D eigenvalue weighted by Gasteiger charge is 2.15. The smallest absolute Gasteiger partial charge is 0.163 e. The molecule has 0 bridgehead atoms. The number of nitrogens with two attached hydrogens (primary N) is 1. The van der Waals surface area contributed by atoms with Gasteiger partial charge in [-0.25, -0.2) is 0 Å². The number of anilines is 1. The van der Waals surface area contributed by atoms with Crippen LogP contribution in [-0.4, -0.2) is 48.9 Å². The normalized spacial score (nSPS) is 17.6. The maximum absolute atomic E-state index is 11.4. The van der Waals surface area contributed by atoms with Gasteiger partial charge in [0.15, 0.2) is 5.78 Å². The van der Waals surface area contributed by atoms with Crippen LogP contribution in [0.5, 0.6) is 0 Å². The SMILES string of the molecule is CC(=O)C(=CN)c1ccc(N2CCN(C)CC2)cn1. The molecule has 1 aliphatic rings. The molecule has 1 saturated heterocycles. The fraction of sp³-hybridized carbons (Fsp3) is 0.429. The Labute approximate surface area is 113 Å². The predicted molar refractivity (Wildman–Crippen MR) is 76.8 cm³/mol. The van der Waals surface area contributed by atoms with Gasteiger partial charge in [0.25, 0.3) is 0 Å². The van der Waals surface area contributed by atoms with E-state index < -0.39 is 0 Å². The minimum atomic E-state index is -0.0673. The summed E-state index contributed by atoms with van der Waals surface area (Å²) in [5.74, 6) is -0.0673. The van der Waals surface area contributed by atoms with Gasteiger partial charge in [0.05, 0.1) is 23.2 Å². The van der Waals surface area contributed by atoms with Gasteiger partial charge in [0, 0.05) is 32.4 Å². The van der Waals surface area contributed by atoms with Crippen molar-refractivity contribution in [3.8, 4) is 0 Å². The molecule has 2 rings (SSSR count). The number of piperazine rings is 1. The first-order chi connectivity index (χ1) is 9.11. The van der Waals surface area contributed by atoms with Crippen LogP contribution in [0.2, 0.25) is 0 Å². The summed E-state index contributed by atoms with van der Waals surface area (Å²) in [4.78, 5) is 20.3. The Morgan fingerprint density at radius 2 is 2.00 bits per heavy atom. The zero-order chi connectivity index (χ0) is 13.8. The first-order valence-corrected chi connectivity index (χ1v) is 6.44. The molecule has 0 unspecified atom stereocenters. The van der Waals surface area contributed by atoms with Crippen LogP contribution in [0.1, 0.15) is 12.6 Å². The average molecular weight is 260 g/mol. The van der Waals surface area contributed by atoms with E-state index in [1.165, 1.54) is 13.1 Å². The molecule has 0 saturated carbocycles. The number of aromatic nitrogens is 1. The number of pyridine rings is 1. The van der Waals surface area contributed by atoms with Gasteiger partial charge in [-0.2, -0.15) is 0 Å². The van der Waals surface area contributed by atoms with Gasteiger partial charge >= 0.3 is 0 Å². The summed E-state index contributed by atoms with van der Waals surface area (Å²) in [5, 5.41) is 0. The second kappa shape index (κ2) is 5.84. The number of hydrogen-bond donors (Lipinski definition) is 1. The molecule has 0 amide bonds. The molecular formula is C14H20N4O. The van der Waals surface area contributed by atoms with E-state index in [2.05, 4.69) is 21.8 Å². The first-order valence-electron chi connectivity index (χ1n) is 6.44. The van der Waals surface area contributed by atoms with Crippen molar-refractivity contribution >= 4 is 17.0 Å². The van der Waals surface area contributed by atoms with Gasteiger partial charge < -0.3 is 15.5 Å². The Hall–Kier alpha value is -1.88. The molecule has 5 nitrogen and oxygen atoms in total. The maximum Gasteiger partial charge on any atom is 0.163 e. The second-order valence-electron chi connectivity index (χ2n) is 4.83. The average Bonchev–Trinajstić information content (AvgIpc) is 2.41. The van der Waals surface area contributed by atoms with Crippen LogP contribution in [0.3, 0.4) is 0 Å². The molecule has 0 radical (unpaired) electrons. The van der Waals surface area contributed by atoms with Crippen molar-refractivity contribution in [2.45, 2.75) is 6.92 Å². The highest BCUT2D eigenvalue weighted by molar-refractivity contribution is 6.18. The summed E-state index contributed by atoms with van der Waals surface area (Å²) in [6.07, 6.45) is 3.13. The number of ketones is 1. The number of rotatable bonds is 3. The molecule has 0 atom stereocenters. The minimum absolute atomic E-state index is 0.0673. The van der Waals surface area contributed by atoms with E-state index in [0.29, 0.717) is 11.3 Å². The monoisotopic (exact) mass is 260 g/mol. The van der Waals surface area contributed by atoms with Gasteiger partial charge in [-0.3, -0.25) is 9.78 Å². The Bertz CT molecular complexity index is 473. The van der Waals surface area contributed by atoms with Crippen LogP contribution in [0.25, 0.3) is 5.57 Å². The summed E-state index contributed by atoms with van der Waals surface area (Å²) >= 11 is 0. The number of likely N-dealkylation sites (N-methyl/N-ethyl adjacent to an activating group) is 1. The van der Waals surface area contributed by atoms with Gasteiger partial charge in [-0.15, -0.1) is 0 Å². The lowest BCUT2D eigenvalue weighted by atomic mass is 10.1. The third-order valence-electron chi connectivity index (χ3n) is 3.44. The van der Waals surface area contributed by atoms with Crippen molar-refractivity contribution in [2.24, 2.45) is 5.73 Å². The Kier molecular flexibility index (Phi) is 4.16. The summed E-state index contributed by atoms with van der Waals surface area (Å²) in [7, 11) is 2.13. The quantitative estimate of drug-likeness (QED) is 0.811. The predicted octanol–water partition coefficient (Wildman–Crippen LogP) is 0.722. The Morgan fingerprint density at radius 1 is 1.32 bits per heavy atom. The lowest BCUT2D eigenvalue weighted by molar-refractivity contribution is -0.111. The third-order valence-corrected chi connectivity index (χ3v) is 3.44. The molecule has 102 valence electrons. The standard InChI is InChI=1S/C14H20N4O/c1-11(19)13(9-15)14-4-3-12(10-16-14)18-7-5-17(2)6-8-18/h3-4,9-10H,5-8,15H2,1-2H3. The van der Waals surface area contributed by atoms with E-state index in [-0.39, 0.29) is 5.78 Å². The minimum Gasteiger partial charge on any atom is -0.404 e. The van der Waals surface area contributed by atoms with Gasteiger partial charge in [-0.05, 0) is 26.1 Å². The fourth-order valence-corrected chi connectivity index (χ4v) is 2.18. The van der Waals surface area contributed by atoms with Crippen molar-refractivity contribution in [1.82, 2.24) is 9.88 Å². The Morgan fingerprint density at radius 3 is 2.47 bits per heavy atom. The largest absolute Gasteiger partial charge is 0.404 e. The van der Waals surface area contributed by atoms with Crippen LogP contribution in [0, 0.1) is 0 Å². The molecule has 1 aromatic rings. The summed E-state index contributed by atoms with van der Waals surface area (Å²) in [6, 6.07) is 3.86. The summed E-state index contributed by atoms with van der Waals surface area (Å²) in [6.45, 7) is 5.62. The number of carbonyl (C=O) groups is 1. The Balaban J connectivity index is 2.12. The van der Waals surface area contributed by atoms with E-state index in [0.717, 1.165) is 31.9 Å². The van der Waals surface area contributed by atoms with Crippen LogP contribution < -0.4 is 10.6 Å². The molecule has 1 aliphatic heterocycles. The van der Waals surface area contributed by atoms with E-state index in [1.54, 1.807) is 0 Å². The van der Waals surface area contributed by atoms with Crippen molar-refractivity contribution < 1.29 is 4.79 Å². The number of nitrogens with zero attached hydrogens (tertiary/aromatic N) is 3. The van der Waals surface area contributed by atoms with Gasteiger partial charge in [-0.1, -0.05) is 0 Å². The topological polar surface area (TPSA) is 62.5 Å².